The molecule has 3 aromatic heterocycles. The van der Waals surface area contributed by atoms with E-state index in [9.17, 15) is 34.8 Å². The number of fused-ring (bicyclic) bond motifs is 1. The molecule has 3 heterocycles. The van der Waals surface area contributed by atoms with Crippen molar-refractivity contribution in [1.82, 2.24) is 24.6 Å². The summed E-state index contributed by atoms with van der Waals surface area (Å²) < 4.78 is 106. The van der Waals surface area contributed by atoms with Crippen molar-refractivity contribution in [2.45, 2.75) is 24.4 Å². The summed E-state index contributed by atoms with van der Waals surface area (Å²) in [6.45, 7) is 1.40. The van der Waals surface area contributed by atoms with E-state index in [2.05, 4.69) is 24.8 Å². The monoisotopic (exact) mass is 517 g/mol. The third-order valence-electron chi connectivity index (χ3n) is 4.71. The van der Waals surface area contributed by atoms with Gasteiger partial charge in [0.2, 0.25) is 0 Å². The highest BCUT2D eigenvalue weighted by molar-refractivity contribution is 7.91. The second-order valence-electron chi connectivity index (χ2n) is 7.07. The van der Waals surface area contributed by atoms with Crippen LogP contribution in [0.25, 0.3) is 28.2 Å². The molecule has 4 aromatic rings. The van der Waals surface area contributed by atoms with E-state index < -0.39 is 33.9 Å². The lowest BCUT2D eigenvalue weighted by atomic mass is 10.1. The van der Waals surface area contributed by atoms with Crippen LogP contribution < -0.4 is 4.74 Å². The van der Waals surface area contributed by atoms with Gasteiger partial charge in [0, 0.05) is 35.3 Å². The van der Waals surface area contributed by atoms with Gasteiger partial charge < -0.3 is 4.74 Å². The van der Waals surface area contributed by atoms with Crippen LogP contribution in [0.1, 0.15) is 12.7 Å². The van der Waals surface area contributed by atoms with Crippen LogP contribution in [0, 0.1) is 0 Å². The zero-order valence-electron chi connectivity index (χ0n) is 17.5. The minimum Gasteiger partial charge on any atom is -0.406 e. The second-order valence-corrected chi connectivity index (χ2v) is 9.31. The van der Waals surface area contributed by atoms with Gasteiger partial charge in [0.05, 0.1) is 16.3 Å². The number of sulfone groups is 1. The Labute approximate surface area is 193 Å². The first-order valence-electron chi connectivity index (χ1n) is 9.66. The molecule has 0 aliphatic carbocycles. The number of benzene rings is 1. The average Bonchev–Trinajstić information content (AvgIpc) is 3.22. The van der Waals surface area contributed by atoms with Crippen LogP contribution in [-0.2, 0) is 16.0 Å². The standard InChI is InChI=1S/C20H13F6N5O3S/c1-2-35(32,33)15-7-12(13-9-28-18-29-17(19(21,22)23)30-31(18)10-13)8-27-16(15)11-3-5-14(6-4-11)34-20(24,25)26/h3-10H,2H2,1H3. The largest absolute Gasteiger partial charge is 0.573 e. The molecule has 0 amide bonds. The lowest BCUT2D eigenvalue weighted by Gasteiger charge is -2.13. The van der Waals surface area contributed by atoms with Crippen LogP contribution in [0.3, 0.4) is 0 Å². The fourth-order valence-corrected chi connectivity index (χ4v) is 4.16. The fraction of sp³-hybridized carbons (Fsp3) is 0.200. The van der Waals surface area contributed by atoms with Crippen molar-refractivity contribution in [3.05, 3.63) is 54.7 Å². The molecule has 0 saturated carbocycles. The van der Waals surface area contributed by atoms with E-state index in [4.69, 9.17) is 0 Å². The maximum absolute atomic E-state index is 12.9. The number of nitrogens with zero attached hydrogens (tertiary/aromatic N) is 5. The Morgan fingerprint density at radius 1 is 0.943 bits per heavy atom. The minimum absolute atomic E-state index is 0.0247. The number of alkyl halides is 6. The number of pyridine rings is 1. The second kappa shape index (κ2) is 8.48. The van der Waals surface area contributed by atoms with Crippen molar-refractivity contribution in [3.8, 4) is 28.1 Å². The van der Waals surface area contributed by atoms with E-state index in [1.165, 1.54) is 43.7 Å². The SMILES string of the molecule is CCS(=O)(=O)c1cc(-c2cnc3nc(C(F)(F)F)nn3c2)cnc1-c1ccc(OC(F)(F)F)cc1. The van der Waals surface area contributed by atoms with Crippen molar-refractivity contribution in [1.29, 1.82) is 0 Å². The van der Waals surface area contributed by atoms with Crippen LogP contribution in [-0.4, -0.2) is 45.1 Å². The molecule has 0 unspecified atom stereocenters. The van der Waals surface area contributed by atoms with Crippen molar-refractivity contribution in [3.63, 3.8) is 0 Å². The van der Waals surface area contributed by atoms with Crippen LogP contribution in [0.4, 0.5) is 26.3 Å². The number of rotatable bonds is 5. The summed E-state index contributed by atoms with van der Waals surface area (Å²) in [4.78, 5) is 11.1. The van der Waals surface area contributed by atoms with Gasteiger partial charge >= 0.3 is 12.5 Å². The predicted molar refractivity (Wildman–Crippen MR) is 109 cm³/mol. The zero-order chi connectivity index (χ0) is 25.6. The average molecular weight is 517 g/mol. The summed E-state index contributed by atoms with van der Waals surface area (Å²) in [7, 11) is -3.88. The van der Waals surface area contributed by atoms with E-state index in [0.717, 1.165) is 16.6 Å². The van der Waals surface area contributed by atoms with Gasteiger partial charge in [-0.15, -0.1) is 18.3 Å². The first-order valence-corrected chi connectivity index (χ1v) is 11.3. The Kier molecular flexibility index (Phi) is 5.91. The molecule has 0 fully saturated rings. The summed E-state index contributed by atoms with van der Waals surface area (Å²) in [6, 6.07) is 5.73. The third-order valence-corrected chi connectivity index (χ3v) is 6.45. The molecule has 0 saturated heterocycles. The van der Waals surface area contributed by atoms with E-state index in [1.807, 2.05) is 0 Å². The molecule has 35 heavy (non-hydrogen) atoms. The van der Waals surface area contributed by atoms with Gasteiger partial charge in [-0.25, -0.2) is 17.9 Å². The molecule has 0 aliphatic heterocycles. The van der Waals surface area contributed by atoms with Crippen LogP contribution in [0.5, 0.6) is 5.75 Å². The van der Waals surface area contributed by atoms with E-state index in [-0.39, 0.29) is 38.8 Å². The topological polar surface area (TPSA) is 99.3 Å². The summed E-state index contributed by atoms with van der Waals surface area (Å²) in [5.74, 6) is -2.50. The molecule has 0 aliphatic rings. The number of aromatic nitrogens is 5. The molecule has 4 rings (SSSR count). The predicted octanol–water partition coefficient (Wildman–Crippen LogP) is 4.56. The lowest BCUT2D eigenvalue weighted by molar-refractivity contribution is -0.274. The van der Waals surface area contributed by atoms with Gasteiger partial charge in [-0.05, 0) is 30.3 Å². The molecule has 1 aromatic carbocycles. The molecule has 0 radical (unpaired) electrons. The van der Waals surface area contributed by atoms with Gasteiger partial charge in [0.15, 0.2) is 9.84 Å². The first-order chi connectivity index (χ1) is 16.3. The van der Waals surface area contributed by atoms with Gasteiger partial charge in [-0.1, -0.05) is 6.92 Å². The molecule has 184 valence electrons. The van der Waals surface area contributed by atoms with Gasteiger partial charge in [-0.2, -0.15) is 18.2 Å². The first kappa shape index (κ1) is 24.4. The molecule has 15 heteroatoms. The number of hydrogen-bond donors (Lipinski definition) is 0. The smallest absolute Gasteiger partial charge is 0.406 e. The minimum atomic E-state index is -4.89. The highest BCUT2D eigenvalue weighted by atomic mass is 32.2. The Balaban J connectivity index is 1.78. The zero-order valence-corrected chi connectivity index (χ0v) is 18.3. The lowest BCUT2D eigenvalue weighted by Crippen LogP contribution is -2.17. The van der Waals surface area contributed by atoms with Gasteiger partial charge in [0.1, 0.15) is 5.75 Å². The van der Waals surface area contributed by atoms with E-state index in [1.54, 1.807) is 0 Å². The molecular weight excluding hydrogens is 504 g/mol. The summed E-state index contributed by atoms with van der Waals surface area (Å²) in [5, 5.41) is 3.34. The highest BCUT2D eigenvalue weighted by Gasteiger charge is 2.36. The number of hydrogen-bond acceptors (Lipinski definition) is 7. The van der Waals surface area contributed by atoms with Crippen molar-refractivity contribution >= 4 is 15.6 Å². The number of ether oxygens (including phenoxy) is 1. The summed E-state index contributed by atoms with van der Waals surface area (Å²) in [6.07, 6.45) is -6.04. The van der Waals surface area contributed by atoms with Gasteiger partial charge in [0.25, 0.3) is 11.6 Å². The van der Waals surface area contributed by atoms with Crippen molar-refractivity contribution in [2.24, 2.45) is 0 Å². The molecule has 0 bridgehead atoms. The van der Waals surface area contributed by atoms with E-state index >= 15 is 0 Å². The Hall–Kier alpha value is -3.75. The Morgan fingerprint density at radius 3 is 2.20 bits per heavy atom. The Bertz CT molecular complexity index is 1500. The highest BCUT2D eigenvalue weighted by Crippen LogP contribution is 2.33. The maximum atomic E-state index is 12.9. The molecule has 0 N–H and O–H groups in total. The Morgan fingerprint density at radius 2 is 1.60 bits per heavy atom. The van der Waals surface area contributed by atoms with Crippen LogP contribution in [0.15, 0.2) is 53.8 Å². The third kappa shape index (κ3) is 5.18. The van der Waals surface area contributed by atoms with Crippen LogP contribution >= 0.6 is 0 Å². The number of halogens is 6. The fourth-order valence-electron chi connectivity index (χ4n) is 3.08. The van der Waals surface area contributed by atoms with Gasteiger partial charge in [-0.3, -0.25) is 4.98 Å². The van der Waals surface area contributed by atoms with E-state index in [0.29, 0.717) is 0 Å². The summed E-state index contributed by atoms with van der Waals surface area (Å²) in [5.41, 5.74) is 0.592. The normalized spacial score (nSPS) is 12.8. The maximum Gasteiger partial charge on any atom is 0.573 e. The molecule has 8 nitrogen and oxygen atoms in total. The molecule has 0 spiro atoms. The quantitative estimate of drug-likeness (QED) is 0.358. The van der Waals surface area contributed by atoms with Crippen molar-refractivity contribution in [2.75, 3.05) is 5.75 Å². The van der Waals surface area contributed by atoms with Crippen molar-refractivity contribution < 1.29 is 39.5 Å². The van der Waals surface area contributed by atoms with Crippen LogP contribution in [0.2, 0.25) is 0 Å². The summed E-state index contributed by atoms with van der Waals surface area (Å²) >= 11 is 0. The molecule has 0 atom stereocenters. The molecular formula is C20H13F6N5O3S.